The minimum atomic E-state index is -0.859. The lowest BCUT2D eigenvalue weighted by Crippen LogP contribution is -1.97. The van der Waals surface area contributed by atoms with Crippen molar-refractivity contribution in [3.8, 4) is 11.1 Å². The number of hydrogen-bond donors (Lipinski definition) is 1. The molecule has 0 saturated carbocycles. The number of allylic oxidation sites excluding steroid dienone is 2. The van der Waals surface area contributed by atoms with Crippen LogP contribution in [0.1, 0.15) is 37.4 Å². The van der Waals surface area contributed by atoms with E-state index in [0.29, 0.717) is 17.5 Å². The van der Waals surface area contributed by atoms with Crippen molar-refractivity contribution in [2.45, 2.75) is 38.7 Å². The number of aromatic nitrogens is 1. The summed E-state index contributed by atoms with van der Waals surface area (Å²) in [5.41, 5.74) is 1.78. The first kappa shape index (κ1) is 19.0. The molecule has 4 heteroatoms. The molecule has 0 aliphatic rings. The third-order valence-corrected chi connectivity index (χ3v) is 3.91. The maximum absolute atomic E-state index is 14.3. The van der Waals surface area contributed by atoms with Gasteiger partial charge in [0.1, 0.15) is 0 Å². The number of pyridine rings is 1. The van der Waals surface area contributed by atoms with E-state index in [4.69, 9.17) is 0 Å². The molecule has 1 N–H and O–H groups in total. The molecule has 1 heterocycles. The lowest BCUT2D eigenvalue weighted by atomic mass is 10.0. The average Bonchev–Trinajstić information content (AvgIpc) is 2.59. The number of rotatable bonds is 8. The van der Waals surface area contributed by atoms with Crippen LogP contribution in [0.3, 0.4) is 0 Å². The van der Waals surface area contributed by atoms with Gasteiger partial charge in [-0.3, -0.25) is 4.98 Å². The summed E-state index contributed by atoms with van der Waals surface area (Å²) < 4.78 is 28.3. The lowest BCUT2D eigenvalue weighted by Gasteiger charge is -2.07. The van der Waals surface area contributed by atoms with Crippen LogP contribution in [0.15, 0.2) is 49.2 Å². The van der Waals surface area contributed by atoms with Crippen LogP contribution in [0.5, 0.6) is 0 Å². The number of benzene rings is 1. The monoisotopic (exact) mass is 343 g/mol. The van der Waals surface area contributed by atoms with Crippen LogP contribution in [-0.2, 0) is 6.42 Å². The topological polar surface area (TPSA) is 33.1 Å². The fourth-order valence-corrected chi connectivity index (χ4v) is 2.52. The van der Waals surface area contributed by atoms with Crippen LogP contribution in [0.2, 0.25) is 0 Å². The van der Waals surface area contributed by atoms with Crippen molar-refractivity contribution < 1.29 is 13.9 Å². The molecule has 2 aromatic rings. The van der Waals surface area contributed by atoms with Gasteiger partial charge >= 0.3 is 0 Å². The molecule has 1 atom stereocenters. The summed E-state index contributed by atoms with van der Waals surface area (Å²) in [6.45, 7) is 5.32. The molecule has 0 bridgehead atoms. The predicted octanol–water partition coefficient (Wildman–Crippen LogP) is 5.32. The Morgan fingerprint density at radius 2 is 2.00 bits per heavy atom. The smallest absolute Gasteiger partial charge is 0.166 e. The van der Waals surface area contributed by atoms with E-state index in [9.17, 15) is 13.9 Å². The highest BCUT2D eigenvalue weighted by Crippen LogP contribution is 2.26. The molecule has 0 amide bonds. The van der Waals surface area contributed by atoms with Crippen LogP contribution in [0, 0.1) is 11.6 Å². The SMILES string of the molecule is C=CCc1ccc(-c2ccc(/C=C/CCCC(C)O)nc2)c(F)c1F. The maximum atomic E-state index is 14.3. The number of aliphatic hydroxyl groups is 1. The molecule has 0 aliphatic carbocycles. The van der Waals surface area contributed by atoms with Gasteiger partial charge in [0.05, 0.1) is 11.8 Å². The highest BCUT2D eigenvalue weighted by Gasteiger charge is 2.14. The van der Waals surface area contributed by atoms with Gasteiger partial charge in [0.2, 0.25) is 0 Å². The van der Waals surface area contributed by atoms with Crippen LogP contribution in [0.25, 0.3) is 17.2 Å². The van der Waals surface area contributed by atoms with Crippen molar-refractivity contribution in [2.24, 2.45) is 0 Å². The Bertz CT molecular complexity index is 736. The predicted molar refractivity (Wildman–Crippen MR) is 98.1 cm³/mol. The Labute approximate surface area is 147 Å². The zero-order valence-electron chi connectivity index (χ0n) is 14.4. The zero-order valence-corrected chi connectivity index (χ0v) is 14.4. The van der Waals surface area contributed by atoms with Crippen molar-refractivity contribution in [3.63, 3.8) is 0 Å². The Morgan fingerprint density at radius 3 is 2.64 bits per heavy atom. The summed E-state index contributed by atoms with van der Waals surface area (Å²) >= 11 is 0. The fraction of sp³-hybridized carbons (Fsp3) is 0.286. The summed E-state index contributed by atoms with van der Waals surface area (Å²) in [6, 6.07) is 6.65. The molecule has 0 fully saturated rings. The molecule has 2 nitrogen and oxygen atoms in total. The van der Waals surface area contributed by atoms with E-state index in [-0.39, 0.29) is 11.7 Å². The number of hydrogen-bond acceptors (Lipinski definition) is 2. The number of halogens is 2. The number of aliphatic hydroxyl groups excluding tert-OH is 1. The van der Waals surface area contributed by atoms with Gasteiger partial charge in [-0.15, -0.1) is 6.58 Å². The number of nitrogens with zero attached hydrogens (tertiary/aromatic N) is 1. The molecule has 1 unspecified atom stereocenters. The Hall–Kier alpha value is -2.33. The van der Waals surface area contributed by atoms with Crippen LogP contribution in [-0.4, -0.2) is 16.2 Å². The summed E-state index contributed by atoms with van der Waals surface area (Å²) in [5.74, 6) is -1.69. The van der Waals surface area contributed by atoms with Crippen molar-refractivity contribution >= 4 is 6.08 Å². The summed E-state index contributed by atoms with van der Waals surface area (Å²) in [6.07, 6.45) is 9.52. The van der Waals surface area contributed by atoms with Crippen molar-refractivity contribution in [1.82, 2.24) is 4.98 Å². The molecule has 2 rings (SSSR count). The van der Waals surface area contributed by atoms with Gasteiger partial charge in [-0.25, -0.2) is 8.78 Å². The van der Waals surface area contributed by atoms with Gasteiger partial charge in [-0.1, -0.05) is 30.4 Å². The molecule has 0 saturated heterocycles. The van der Waals surface area contributed by atoms with Crippen LogP contribution < -0.4 is 0 Å². The third-order valence-electron chi connectivity index (χ3n) is 3.91. The lowest BCUT2D eigenvalue weighted by molar-refractivity contribution is 0.182. The molecule has 1 aromatic carbocycles. The molecule has 0 aliphatic heterocycles. The van der Waals surface area contributed by atoms with Crippen LogP contribution >= 0.6 is 0 Å². The average molecular weight is 343 g/mol. The minimum Gasteiger partial charge on any atom is -0.393 e. The van der Waals surface area contributed by atoms with E-state index < -0.39 is 11.6 Å². The Morgan fingerprint density at radius 1 is 1.20 bits per heavy atom. The van der Waals surface area contributed by atoms with Gasteiger partial charge in [0.15, 0.2) is 11.6 Å². The zero-order chi connectivity index (χ0) is 18.2. The molecule has 1 aromatic heterocycles. The van der Waals surface area contributed by atoms with E-state index in [1.54, 1.807) is 43.5 Å². The second-order valence-corrected chi connectivity index (χ2v) is 6.05. The first-order chi connectivity index (χ1) is 12.0. The molecule has 0 spiro atoms. The highest BCUT2D eigenvalue weighted by atomic mass is 19.2. The summed E-state index contributed by atoms with van der Waals surface area (Å²) in [7, 11) is 0. The van der Waals surface area contributed by atoms with E-state index in [1.165, 1.54) is 0 Å². The van der Waals surface area contributed by atoms with Gasteiger partial charge in [0, 0.05) is 17.3 Å². The van der Waals surface area contributed by atoms with E-state index in [2.05, 4.69) is 11.6 Å². The Kier molecular flexibility index (Phi) is 7.02. The fourth-order valence-electron chi connectivity index (χ4n) is 2.52. The van der Waals surface area contributed by atoms with Crippen molar-refractivity contribution in [2.75, 3.05) is 0 Å². The third kappa shape index (κ3) is 5.33. The largest absolute Gasteiger partial charge is 0.393 e. The molecular weight excluding hydrogens is 320 g/mol. The Balaban J connectivity index is 2.08. The van der Waals surface area contributed by atoms with E-state index in [1.807, 2.05) is 12.2 Å². The normalized spacial score (nSPS) is 12.5. The van der Waals surface area contributed by atoms with E-state index >= 15 is 0 Å². The highest BCUT2D eigenvalue weighted by molar-refractivity contribution is 5.65. The van der Waals surface area contributed by atoms with Gasteiger partial charge in [0.25, 0.3) is 0 Å². The van der Waals surface area contributed by atoms with Crippen LogP contribution in [0.4, 0.5) is 8.78 Å². The quantitative estimate of drug-likeness (QED) is 0.520. The molecular formula is C21H23F2NO. The standard InChI is InChI=1S/C21H23F2NO/c1-3-7-16-11-13-19(21(23)20(16)22)17-10-12-18(24-14-17)9-6-4-5-8-15(2)25/h3,6,9-15,25H,1,4-5,7-8H2,2H3/b9-6+. The first-order valence-corrected chi connectivity index (χ1v) is 8.41. The second kappa shape index (κ2) is 9.23. The second-order valence-electron chi connectivity index (χ2n) is 6.05. The number of unbranched alkanes of at least 4 members (excludes halogenated alkanes) is 1. The summed E-state index contributed by atoms with van der Waals surface area (Å²) in [5, 5.41) is 9.20. The van der Waals surface area contributed by atoms with Gasteiger partial charge in [-0.05, 0) is 50.3 Å². The summed E-state index contributed by atoms with van der Waals surface area (Å²) in [4.78, 5) is 4.28. The molecule has 132 valence electrons. The van der Waals surface area contributed by atoms with Crippen molar-refractivity contribution in [1.29, 1.82) is 0 Å². The van der Waals surface area contributed by atoms with Crippen molar-refractivity contribution in [3.05, 3.63) is 72.1 Å². The van der Waals surface area contributed by atoms with Gasteiger partial charge < -0.3 is 5.11 Å². The molecule has 0 radical (unpaired) electrons. The van der Waals surface area contributed by atoms with Gasteiger partial charge in [-0.2, -0.15) is 0 Å². The minimum absolute atomic E-state index is 0.199. The first-order valence-electron chi connectivity index (χ1n) is 8.41. The molecule has 25 heavy (non-hydrogen) atoms. The maximum Gasteiger partial charge on any atom is 0.166 e. The van der Waals surface area contributed by atoms with E-state index in [0.717, 1.165) is 25.0 Å².